The lowest BCUT2D eigenvalue weighted by atomic mass is 9.85. The minimum Gasteiger partial charge on any atom is -0.471 e. The van der Waals surface area contributed by atoms with Crippen LogP contribution in [0.1, 0.15) is 46.6 Å². The average Bonchev–Trinajstić information content (AvgIpc) is 3.40. The molecule has 2 aliphatic heterocycles. The Bertz CT molecular complexity index is 1580. The molecular formula is C33H38N4O6. The maximum atomic E-state index is 14.0. The number of methoxy groups -OCH3 is 1. The normalized spacial score (nSPS) is 22.5. The Labute approximate surface area is 251 Å². The summed E-state index contributed by atoms with van der Waals surface area (Å²) in [5, 5.41) is 2.76. The second-order valence-corrected chi connectivity index (χ2v) is 12.8. The number of rotatable bonds is 1. The van der Waals surface area contributed by atoms with Crippen molar-refractivity contribution in [2.75, 3.05) is 20.3 Å². The van der Waals surface area contributed by atoms with Crippen molar-refractivity contribution >= 4 is 35.1 Å². The van der Waals surface area contributed by atoms with Crippen LogP contribution in [0.4, 0.5) is 4.79 Å². The number of para-hydroxylation sites is 2. The minimum absolute atomic E-state index is 0.0881. The van der Waals surface area contributed by atoms with Gasteiger partial charge in [-0.05, 0) is 29.2 Å². The van der Waals surface area contributed by atoms with E-state index in [1.807, 2.05) is 95.3 Å². The quantitative estimate of drug-likeness (QED) is 0.395. The molecule has 2 aromatic carbocycles. The van der Waals surface area contributed by atoms with E-state index < -0.39 is 47.0 Å². The highest BCUT2D eigenvalue weighted by Gasteiger charge is 2.46. The van der Waals surface area contributed by atoms with Crippen molar-refractivity contribution < 1.29 is 28.6 Å². The molecule has 0 radical (unpaired) electrons. The summed E-state index contributed by atoms with van der Waals surface area (Å²) in [5.41, 5.74) is 2.46. The van der Waals surface area contributed by atoms with Crippen molar-refractivity contribution in [2.45, 2.75) is 59.2 Å². The molecule has 10 heteroatoms. The standard InChI is InChI=1S/C33H38N4O6/c1-32(2,3)27-29(38)37-18-22(17-25(37)30(39)41-6)43-28-26(34-23-12-7-8-13-24(23)35-28)21-11-9-10-20(16-21)14-15-33(4,5)19-42-31(40)36-27/h7-16,22,25,27H,17-19H2,1-6H3,(H,36,40)/t22-,25+,27-/m1/s1. The van der Waals surface area contributed by atoms with Gasteiger partial charge in [-0.15, -0.1) is 0 Å². The number of hydrogen-bond acceptors (Lipinski definition) is 8. The van der Waals surface area contributed by atoms with E-state index >= 15 is 0 Å². The number of nitrogens with zero attached hydrogens (tertiary/aromatic N) is 3. The summed E-state index contributed by atoms with van der Waals surface area (Å²) in [4.78, 5) is 51.1. The van der Waals surface area contributed by atoms with Crippen LogP contribution in [-0.4, -0.2) is 71.3 Å². The lowest BCUT2D eigenvalue weighted by Gasteiger charge is -2.35. The zero-order chi connectivity index (χ0) is 30.9. The molecule has 1 fully saturated rings. The first kappa shape index (κ1) is 30.0. The molecule has 10 nitrogen and oxygen atoms in total. The van der Waals surface area contributed by atoms with Crippen LogP contribution in [0.25, 0.3) is 28.4 Å². The molecule has 3 heterocycles. The van der Waals surface area contributed by atoms with E-state index in [1.54, 1.807) is 0 Å². The molecule has 1 saturated heterocycles. The van der Waals surface area contributed by atoms with Gasteiger partial charge in [0.15, 0.2) is 0 Å². The Morgan fingerprint density at radius 3 is 2.49 bits per heavy atom. The number of fused-ring (bicyclic) bond motifs is 7. The molecule has 2 aliphatic rings. The fraction of sp³-hybridized carbons (Fsp3) is 0.424. The molecule has 3 aromatic rings. The molecule has 1 aromatic heterocycles. The van der Waals surface area contributed by atoms with Crippen molar-refractivity contribution in [2.24, 2.45) is 10.8 Å². The van der Waals surface area contributed by atoms with Gasteiger partial charge in [0, 0.05) is 17.4 Å². The first-order valence-corrected chi connectivity index (χ1v) is 14.4. The zero-order valence-electron chi connectivity index (χ0n) is 25.4. The second kappa shape index (κ2) is 11.7. The summed E-state index contributed by atoms with van der Waals surface area (Å²) < 4.78 is 17.1. The third-order valence-corrected chi connectivity index (χ3v) is 7.67. The molecular weight excluding hydrogens is 548 g/mol. The Morgan fingerprint density at radius 2 is 1.79 bits per heavy atom. The van der Waals surface area contributed by atoms with Gasteiger partial charge in [-0.2, -0.15) is 0 Å². The molecule has 0 saturated carbocycles. The van der Waals surface area contributed by atoms with E-state index in [0.717, 1.165) is 11.1 Å². The SMILES string of the molecule is COC(=O)[C@@H]1C[C@@H]2CN1C(=O)[C@H](C(C)(C)C)NC(=O)OCC(C)(C)C=Cc1cccc(c1)-c1nc3ccccc3nc1O2. The van der Waals surface area contributed by atoms with Gasteiger partial charge >= 0.3 is 12.1 Å². The Balaban J connectivity index is 1.63. The summed E-state index contributed by atoms with van der Waals surface area (Å²) in [5.74, 6) is -0.687. The van der Waals surface area contributed by atoms with Gasteiger partial charge in [-0.3, -0.25) is 4.79 Å². The summed E-state index contributed by atoms with van der Waals surface area (Å²) in [6.07, 6.45) is 2.84. The first-order chi connectivity index (χ1) is 20.3. The van der Waals surface area contributed by atoms with E-state index in [1.165, 1.54) is 12.0 Å². The number of ether oxygens (including phenoxy) is 3. The van der Waals surface area contributed by atoms with E-state index in [-0.39, 0.29) is 19.6 Å². The van der Waals surface area contributed by atoms with E-state index in [0.29, 0.717) is 22.6 Å². The van der Waals surface area contributed by atoms with Crippen LogP contribution < -0.4 is 10.1 Å². The number of amides is 2. The number of hydrogen-bond donors (Lipinski definition) is 1. The molecule has 0 aliphatic carbocycles. The van der Waals surface area contributed by atoms with Gasteiger partial charge < -0.3 is 24.4 Å². The predicted molar refractivity (Wildman–Crippen MR) is 162 cm³/mol. The van der Waals surface area contributed by atoms with E-state index in [9.17, 15) is 14.4 Å². The van der Waals surface area contributed by atoms with Gasteiger partial charge in [0.05, 0.1) is 24.7 Å². The van der Waals surface area contributed by atoms with Gasteiger partial charge in [0.2, 0.25) is 11.8 Å². The summed E-state index contributed by atoms with van der Waals surface area (Å²) in [7, 11) is 1.28. The van der Waals surface area contributed by atoms with Crippen molar-refractivity contribution in [3.05, 3.63) is 60.2 Å². The first-order valence-electron chi connectivity index (χ1n) is 14.4. The smallest absolute Gasteiger partial charge is 0.407 e. The molecule has 4 bridgehead atoms. The second-order valence-electron chi connectivity index (χ2n) is 12.8. The summed E-state index contributed by atoms with van der Waals surface area (Å²) in [6, 6.07) is 13.5. The molecule has 226 valence electrons. The minimum atomic E-state index is -0.973. The molecule has 3 atom stereocenters. The number of esters is 1. The van der Waals surface area contributed by atoms with Crippen LogP contribution in [-0.2, 0) is 19.1 Å². The van der Waals surface area contributed by atoms with Crippen LogP contribution in [0, 0.1) is 10.8 Å². The van der Waals surface area contributed by atoms with Crippen molar-refractivity contribution in [1.29, 1.82) is 0 Å². The Kier molecular flexibility index (Phi) is 8.14. The topological polar surface area (TPSA) is 120 Å². The number of cyclic esters (lactones) is 1. The Morgan fingerprint density at radius 1 is 1.07 bits per heavy atom. The lowest BCUT2D eigenvalue weighted by Crippen LogP contribution is -2.57. The number of alkyl carbamates (subject to hydrolysis) is 1. The number of carbonyl (C=O) groups excluding carboxylic acids is 3. The number of carbonyl (C=O) groups is 3. The lowest BCUT2D eigenvalue weighted by molar-refractivity contribution is -0.152. The largest absolute Gasteiger partial charge is 0.471 e. The van der Waals surface area contributed by atoms with E-state index in [2.05, 4.69) is 5.32 Å². The van der Waals surface area contributed by atoms with Crippen molar-refractivity contribution in [1.82, 2.24) is 20.2 Å². The summed E-state index contributed by atoms with van der Waals surface area (Å²) in [6.45, 7) is 9.62. The maximum Gasteiger partial charge on any atom is 0.407 e. The highest BCUT2D eigenvalue weighted by atomic mass is 16.5. The fourth-order valence-corrected chi connectivity index (χ4v) is 5.28. The Hall–Kier alpha value is -4.47. The number of benzene rings is 2. The van der Waals surface area contributed by atoms with Gasteiger partial charge in [0.1, 0.15) is 30.5 Å². The predicted octanol–water partition coefficient (Wildman–Crippen LogP) is 5.01. The fourth-order valence-electron chi connectivity index (χ4n) is 5.28. The highest BCUT2D eigenvalue weighted by molar-refractivity contribution is 5.91. The molecule has 2 amide bonds. The van der Waals surface area contributed by atoms with Gasteiger partial charge in [0.25, 0.3) is 0 Å². The zero-order valence-corrected chi connectivity index (χ0v) is 25.4. The van der Waals surface area contributed by atoms with Crippen molar-refractivity contribution in [3.8, 4) is 17.1 Å². The van der Waals surface area contributed by atoms with Crippen LogP contribution in [0.15, 0.2) is 54.6 Å². The van der Waals surface area contributed by atoms with Crippen LogP contribution >= 0.6 is 0 Å². The third kappa shape index (κ3) is 6.63. The van der Waals surface area contributed by atoms with Crippen LogP contribution in [0.3, 0.4) is 0 Å². The average molecular weight is 587 g/mol. The van der Waals surface area contributed by atoms with Gasteiger partial charge in [-0.1, -0.05) is 77.1 Å². The van der Waals surface area contributed by atoms with Crippen LogP contribution in [0.2, 0.25) is 0 Å². The highest BCUT2D eigenvalue weighted by Crippen LogP contribution is 2.34. The maximum absolute atomic E-state index is 14.0. The van der Waals surface area contributed by atoms with Crippen molar-refractivity contribution in [3.63, 3.8) is 0 Å². The van der Waals surface area contributed by atoms with Crippen LogP contribution in [0.5, 0.6) is 5.88 Å². The molecule has 0 unspecified atom stereocenters. The summed E-state index contributed by atoms with van der Waals surface area (Å²) >= 11 is 0. The monoisotopic (exact) mass is 586 g/mol. The number of nitrogens with one attached hydrogen (secondary N) is 1. The van der Waals surface area contributed by atoms with E-state index in [4.69, 9.17) is 24.2 Å². The number of aromatic nitrogens is 2. The molecule has 43 heavy (non-hydrogen) atoms. The third-order valence-electron chi connectivity index (χ3n) is 7.67. The molecule has 1 N–H and O–H groups in total. The molecule has 0 spiro atoms. The van der Waals surface area contributed by atoms with Gasteiger partial charge in [-0.25, -0.2) is 19.6 Å². The molecule has 5 rings (SSSR count).